The van der Waals surface area contributed by atoms with E-state index in [1.165, 1.54) is 0 Å². The Labute approximate surface area is 123 Å². The molecule has 0 spiro atoms. The molecule has 0 aliphatic heterocycles. The molecule has 0 fully saturated rings. The Hall–Kier alpha value is -0.750. The lowest BCUT2D eigenvalue weighted by Crippen LogP contribution is -2.12. The number of methoxy groups -OCH3 is 1. The molecule has 0 aliphatic rings. The molecule has 6 heteroatoms. The standard InChI is InChI=1S/C13H19BrO4S/c1-3-19(15,16)8-4-7-18-13-9-11(10-14)5-6-12(13)17-2/h5-6,9H,3-4,7-8,10H2,1-2H3. The van der Waals surface area contributed by atoms with Gasteiger partial charge in [-0.1, -0.05) is 28.9 Å². The second-order valence-electron chi connectivity index (χ2n) is 4.06. The quantitative estimate of drug-likeness (QED) is 0.534. The first kappa shape index (κ1) is 16.3. The van der Waals surface area contributed by atoms with Crippen LogP contribution in [-0.2, 0) is 15.2 Å². The third-order valence-corrected chi connectivity index (χ3v) is 5.12. The minimum absolute atomic E-state index is 0.157. The molecule has 1 aromatic rings. The Morgan fingerprint density at radius 2 is 2.00 bits per heavy atom. The molecule has 0 bridgehead atoms. The van der Waals surface area contributed by atoms with Crippen molar-refractivity contribution in [3.8, 4) is 11.5 Å². The molecular formula is C13H19BrO4S. The zero-order valence-electron chi connectivity index (χ0n) is 11.2. The smallest absolute Gasteiger partial charge is 0.161 e. The number of hydrogen-bond donors (Lipinski definition) is 0. The van der Waals surface area contributed by atoms with Crippen molar-refractivity contribution in [3.63, 3.8) is 0 Å². The molecule has 4 nitrogen and oxygen atoms in total. The van der Waals surface area contributed by atoms with Gasteiger partial charge >= 0.3 is 0 Å². The molecule has 108 valence electrons. The molecule has 0 unspecified atom stereocenters. The summed E-state index contributed by atoms with van der Waals surface area (Å²) in [6.45, 7) is 2.01. The third-order valence-electron chi connectivity index (χ3n) is 2.68. The predicted molar refractivity (Wildman–Crippen MR) is 80.1 cm³/mol. The molecule has 0 aromatic heterocycles. The van der Waals surface area contributed by atoms with Crippen molar-refractivity contribution in [3.05, 3.63) is 23.8 Å². The molecule has 0 N–H and O–H groups in total. The maximum Gasteiger partial charge on any atom is 0.161 e. The second-order valence-corrected chi connectivity index (χ2v) is 7.09. The van der Waals surface area contributed by atoms with Crippen LogP contribution in [0.2, 0.25) is 0 Å². The van der Waals surface area contributed by atoms with Gasteiger partial charge in [0.2, 0.25) is 0 Å². The molecule has 0 radical (unpaired) electrons. The fraction of sp³-hybridized carbons (Fsp3) is 0.538. The van der Waals surface area contributed by atoms with E-state index in [0.717, 1.165) is 10.9 Å². The first-order chi connectivity index (χ1) is 9.02. The van der Waals surface area contributed by atoms with Gasteiger partial charge in [0, 0.05) is 11.1 Å². The third kappa shape index (κ3) is 5.40. The highest BCUT2D eigenvalue weighted by atomic mass is 79.9. The first-order valence-electron chi connectivity index (χ1n) is 6.08. The summed E-state index contributed by atoms with van der Waals surface area (Å²) in [5.41, 5.74) is 1.08. The first-order valence-corrected chi connectivity index (χ1v) is 9.02. The summed E-state index contributed by atoms with van der Waals surface area (Å²) in [4.78, 5) is 0. The summed E-state index contributed by atoms with van der Waals surface area (Å²) in [7, 11) is -1.34. The van der Waals surface area contributed by atoms with Crippen LogP contribution in [-0.4, -0.2) is 33.6 Å². The van der Waals surface area contributed by atoms with Crippen molar-refractivity contribution in [2.45, 2.75) is 18.7 Å². The average Bonchev–Trinajstić information content (AvgIpc) is 2.43. The normalized spacial score (nSPS) is 11.3. The molecule has 0 amide bonds. The van der Waals surface area contributed by atoms with Gasteiger partial charge in [-0.3, -0.25) is 0 Å². The minimum atomic E-state index is -2.92. The van der Waals surface area contributed by atoms with E-state index < -0.39 is 9.84 Å². The summed E-state index contributed by atoms with van der Waals surface area (Å²) < 4.78 is 33.5. The van der Waals surface area contributed by atoms with E-state index in [9.17, 15) is 8.42 Å². The van der Waals surface area contributed by atoms with Gasteiger partial charge in [0.15, 0.2) is 11.5 Å². The highest BCUT2D eigenvalue weighted by molar-refractivity contribution is 9.08. The van der Waals surface area contributed by atoms with Crippen molar-refractivity contribution in [2.24, 2.45) is 0 Å². The van der Waals surface area contributed by atoms with Crippen LogP contribution < -0.4 is 9.47 Å². The monoisotopic (exact) mass is 350 g/mol. The van der Waals surface area contributed by atoms with Crippen LogP contribution >= 0.6 is 15.9 Å². The molecule has 1 rings (SSSR count). The van der Waals surface area contributed by atoms with Crippen LogP contribution in [0.3, 0.4) is 0 Å². The van der Waals surface area contributed by atoms with Gasteiger partial charge in [0.1, 0.15) is 9.84 Å². The number of hydrogen-bond acceptors (Lipinski definition) is 4. The number of rotatable bonds is 8. The summed E-state index contributed by atoms with van der Waals surface area (Å²) in [6.07, 6.45) is 0.484. The predicted octanol–water partition coefficient (Wildman–Crippen LogP) is 2.79. The highest BCUT2D eigenvalue weighted by Crippen LogP contribution is 2.28. The van der Waals surface area contributed by atoms with E-state index >= 15 is 0 Å². The lowest BCUT2D eigenvalue weighted by Gasteiger charge is -2.11. The van der Waals surface area contributed by atoms with Crippen LogP contribution in [0.5, 0.6) is 11.5 Å². The van der Waals surface area contributed by atoms with Crippen LogP contribution in [0, 0.1) is 0 Å². The van der Waals surface area contributed by atoms with Crippen molar-refractivity contribution in [2.75, 3.05) is 25.2 Å². The molecule has 0 aliphatic carbocycles. The number of sulfone groups is 1. The van der Waals surface area contributed by atoms with Gasteiger partial charge in [-0.2, -0.15) is 0 Å². The Kier molecular flexibility index (Phi) is 6.65. The molecule has 0 heterocycles. The number of benzene rings is 1. The van der Waals surface area contributed by atoms with E-state index in [1.54, 1.807) is 14.0 Å². The Morgan fingerprint density at radius 3 is 2.58 bits per heavy atom. The molecule has 1 aromatic carbocycles. The minimum Gasteiger partial charge on any atom is -0.493 e. The fourth-order valence-corrected chi connectivity index (χ4v) is 2.72. The number of alkyl halides is 1. The van der Waals surface area contributed by atoms with Gasteiger partial charge in [0.05, 0.1) is 19.5 Å². The largest absolute Gasteiger partial charge is 0.493 e. The second kappa shape index (κ2) is 7.75. The van der Waals surface area contributed by atoms with Gasteiger partial charge < -0.3 is 9.47 Å². The molecular weight excluding hydrogens is 332 g/mol. The Bertz CT molecular complexity index is 499. The van der Waals surface area contributed by atoms with E-state index in [2.05, 4.69) is 15.9 Å². The molecule has 0 saturated carbocycles. The summed E-state index contributed by atoms with van der Waals surface area (Å²) in [5, 5.41) is 0.734. The van der Waals surface area contributed by atoms with Gasteiger partial charge in [-0.15, -0.1) is 0 Å². The summed E-state index contributed by atoms with van der Waals surface area (Å²) >= 11 is 3.38. The van der Waals surface area contributed by atoms with Crippen LogP contribution in [0.1, 0.15) is 18.9 Å². The van der Waals surface area contributed by atoms with Crippen LogP contribution in [0.15, 0.2) is 18.2 Å². The Balaban J connectivity index is 2.57. The van der Waals surface area contributed by atoms with E-state index in [0.29, 0.717) is 24.5 Å². The van der Waals surface area contributed by atoms with Crippen molar-refractivity contribution >= 4 is 25.8 Å². The summed E-state index contributed by atoms with van der Waals surface area (Å²) in [6, 6.07) is 5.68. The number of ether oxygens (including phenoxy) is 2. The van der Waals surface area contributed by atoms with E-state index in [-0.39, 0.29) is 11.5 Å². The number of halogens is 1. The zero-order chi connectivity index (χ0) is 14.3. The van der Waals surface area contributed by atoms with E-state index in [1.807, 2.05) is 18.2 Å². The maximum atomic E-state index is 11.3. The van der Waals surface area contributed by atoms with Crippen molar-refractivity contribution < 1.29 is 17.9 Å². The Morgan fingerprint density at radius 1 is 1.26 bits per heavy atom. The van der Waals surface area contributed by atoms with Crippen LogP contribution in [0.25, 0.3) is 0 Å². The molecule has 0 saturated heterocycles. The lowest BCUT2D eigenvalue weighted by atomic mass is 10.2. The van der Waals surface area contributed by atoms with Gasteiger partial charge in [0.25, 0.3) is 0 Å². The molecule has 0 atom stereocenters. The van der Waals surface area contributed by atoms with Crippen molar-refractivity contribution in [1.82, 2.24) is 0 Å². The zero-order valence-corrected chi connectivity index (χ0v) is 13.6. The lowest BCUT2D eigenvalue weighted by molar-refractivity contribution is 0.294. The highest BCUT2D eigenvalue weighted by Gasteiger charge is 2.09. The SMILES string of the molecule is CCS(=O)(=O)CCCOc1cc(CBr)ccc1OC. The average molecular weight is 351 g/mol. The van der Waals surface area contributed by atoms with E-state index in [4.69, 9.17) is 9.47 Å². The summed E-state index contributed by atoms with van der Waals surface area (Å²) in [5.74, 6) is 1.63. The van der Waals surface area contributed by atoms with Crippen molar-refractivity contribution in [1.29, 1.82) is 0 Å². The van der Waals surface area contributed by atoms with Gasteiger partial charge in [-0.25, -0.2) is 8.42 Å². The maximum absolute atomic E-state index is 11.3. The van der Waals surface area contributed by atoms with Gasteiger partial charge in [-0.05, 0) is 24.1 Å². The fourth-order valence-electron chi connectivity index (χ4n) is 1.52. The topological polar surface area (TPSA) is 52.6 Å². The van der Waals surface area contributed by atoms with Crippen LogP contribution in [0.4, 0.5) is 0 Å². The molecule has 19 heavy (non-hydrogen) atoms.